The summed E-state index contributed by atoms with van der Waals surface area (Å²) in [7, 11) is 1.70. The van der Waals surface area contributed by atoms with Crippen LogP contribution < -0.4 is 10.2 Å². The average molecular weight is 314 g/mol. The molecule has 1 aromatic heterocycles. The van der Waals surface area contributed by atoms with E-state index in [2.05, 4.69) is 25.2 Å². The first-order valence-electron chi connectivity index (χ1n) is 7.24. The van der Waals surface area contributed by atoms with Crippen molar-refractivity contribution in [3.05, 3.63) is 5.28 Å². The molecule has 1 unspecified atom stereocenters. The maximum atomic E-state index is 6.01. The SMILES string of the molecule is COC1(CNc2nc(Cl)nc(N3CCCC3)n2)CCOC1. The van der Waals surface area contributed by atoms with E-state index in [9.17, 15) is 0 Å². The van der Waals surface area contributed by atoms with Crippen molar-refractivity contribution in [3.63, 3.8) is 0 Å². The van der Waals surface area contributed by atoms with Gasteiger partial charge in [0, 0.05) is 39.8 Å². The molecule has 0 saturated carbocycles. The second-order valence-corrected chi connectivity index (χ2v) is 5.80. The topological polar surface area (TPSA) is 72.4 Å². The van der Waals surface area contributed by atoms with Crippen LogP contribution in [0.2, 0.25) is 5.28 Å². The number of hydrogen-bond acceptors (Lipinski definition) is 7. The molecule has 2 fully saturated rings. The highest BCUT2D eigenvalue weighted by molar-refractivity contribution is 6.28. The van der Waals surface area contributed by atoms with Gasteiger partial charge in [-0.1, -0.05) is 0 Å². The number of aromatic nitrogens is 3. The minimum absolute atomic E-state index is 0.212. The normalized spacial score (nSPS) is 25.5. The fourth-order valence-corrected chi connectivity index (χ4v) is 2.83. The molecule has 1 N–H and O–H groups in total. The second kappa shape index (κ2) is 6.29. The number of nitrogens with zero attached hydrogens (tertiary/aromatic N) is 4. The van der Waals surface area contributed by atoms with Gasteiger partial charge >= 0.3 is 0 Å². The van der Waals surface area contributed by atoms with Gasteiger partial charge in [0.15, 0.2) is 0 Å². The number of hydrogen-bond donors (Lipinski definition) is 1. The van der Waals surface area contributed by atoms with Gasteiger partial charge < -0.3 is 19.7 Å². The molecule has 21 heavy (non-hydrogen) atoms. The van der Waals surface area contributed by atoms with Gasteiger partial charge in [-0.2, -0.15) is 15.0 Å². The number of halogens is 1. The van der Waals surface area contributed by atoms with E-state index in [1.165, 1.54) is 0 Å². The van der Waals surface area contributed by atoms with E-state index in [0.717, 1.165) is 32.4 Å². The smallest absolute Gasteiger partial charge is 0.231 e. The molecule has 3 heterocycles. The number of rotatable bonds is 5. The molecule has 0 radical (unpaired) electrons. The third kappa shape index (κ3) is 3.36. The Kier molecular flexibility index (Phi) is 4.42. The molecule has 1 aromatic rings. The van der Waals surface area contributed by atoms with Crippen molar-refractivity contribution in [2.75, 3.05) is 50.2 Å². The van der Waals surface area contributed by atoms with Crippen LogP contribution in [-0.2, 0) is 9.47 Å². The third-order valence-corrected chi connectivity index (χ3v) is 4.22. The second-order valence-electron chi connectivity index (χ2n) is 5.47. The lowest BCUT2D eigenvalue weighted by Crippen LogP contribution is -2.40. The van der Waals surface area contributed by atoms with E-state index in [-0.39, 0.29) is 10.9 Å². The highest BCUT2D eigenvalue weighted by Crippen LogP contribution is 2.23. The summed E-state index contributed by atoms with van der Waals surface area (Å²) in [6, 6.07) is 0. The van der Waals surface area contributed by atoms with Gasteiger partial charge in [-0.25, -0.2) is 0 Å². The molecular weight excluding hydrogens is 294 g/mol. The Morgan fingerprint density at radius 1 is 1.33 bits per heavy atom. The van der Waals surface area contributed by atoms with Gasteiger partial charge in [0.1, 0.15) is 5.60 Å². The first-order valence-corrected chi connectivity index (χ1v) is 7.62. The van der Waals surface area contributed by atoms with Crippen molar-refractivity contribution in [2.45, 2.75) is 24.9 Å². The van der Waals surface area contributed by atoms with E-state index in [1.807, 2.05) is 0 Å². The Morgan fingerprint density at radius 3 is 2.81 bits per heavy atom. The maximum Gasteiger partial charge on any atom is 0.231 e. The monoisotopic (exact) mass is 313 g/mol. The molecule has 2 aliphatic heterocycles. The van der Waals surface area contributed by atoms with Crippen LogP contribution in [0, 0.1) is 0 Å². The molecule has 0 bridgehead atoms. The summed E-state index contributed by atoms with van der Waals surface area (Å²) in [6.45, 7) is 3.81. The van der Waals surface area contributed by atoms with Gasteiger partial charge in [0.25, 0.3) is 0 Å². The van der Waals surface area contributed by atoms with Gasteiger partial charge in [-0.05, 0) is 24.4 Å². The van der Waals surface area contributed by atoms with Crippen molar-refractivity contribution in [2.24, 2.45) is 0 Å². The van der Waals surface area contributed by atoms with Gasteiger partial charge in [-0.3, -0.25) is 0 Å². The van der Waals surface area contributed by atoms with E-state index in [4.69, 9.17) is 21.1 Å². The van der Waals surface area contributed by atoms with Gasteiger partial charge in [0.05, 0.1) is 6.61 Å². The summed E-state index contributed by atoms with van der Waals surface area (Å²) in [5.74, 6) is 1.13. The highest BCUT2D eigenvalue weighted by Gasteiger charge is 2.35. The minimum atomic E-state index is -0.313. The molecule has 8 heteroatoms. The first-order chi connectivity index (χ1) is 10.2. The van der Waals surface area contributed by atoms with E-state index >= 15 is 0 Å². The zero-order chi connectivity index (χ0) is 14.7. The Hall–Kier alpha value is -1.18. The summed E-state index contributed by atoms with van der Waals surface area (Å²) in [5.41, 5.74) is -0.313. The summed E-state index contributed by atoms with van der Waals surface area (Å²) >= 11 is 6.01. The molecular formula is C13H20ClN5O2. The van der Waals surface area contributed by atoms with Crippen LogP contribution in [0.15, 0.2) is 0 Å². The van der Waals surface area contributed by atoms with Gasteiger partial charge in [-0.15, -0.1) is 0 Å². The Labute approximate surface area is 129 Å². The quantitative estimate of drug-likeness (QED) is 0.879. The largest absolute Gasteiger partial charge is 0.378 e. The van der Waals surface area contributed by atoms with Crippen molar-refractivity contribution in [1.29, 1.82) is 0 Å². The van der Waals surface area contributed by atoms with Crippen molar-refractivity contribution in [1.82, 2.24) is 15.0 Å². The van der Waals surface area contributed by atoms with E-state index < -0.39 is 0 Å². The molecule has 0 amide bonds. The number of nitrogens with one attached hydrogen (secondary N) is 1. The third-order valence-electron chi connectivity index (χ3n) is 4.05. The van der Waals surface area contributed by atoms with Crippen LogP contribution in [0.5, 0.6) is 0 Å². The van der Waals surface area contributed by atoms with Crippen LogP contribution >= 0.6 is 11.6 Å². The van der Waals surface area contributed by atoms with E-state index in [0.29, 0.717) is 31.7 Å². The predicted octanol–water partition coefficient (Wildman–Crippen LogP) is 1.34. The predicted molar refractivity (Wildman–Crippen MR) is 79.9 cm³/mol. The summed E-state index contributed by atoms with van der Waals surface area (Å²) in [5, 5.41) is 3.42. The molecule has 7 nitrogen and oxygen atoms in total. The molecule has 2 aliphatic rings. The molecule has 0 spiro atoms. The van der Waals surface area contributed by atoms with Crippen LogP contribution in [0.1, 0.15) is 19.3 Å². The van der Waals surface area contributed by atoms with Crippen molar-refractivity contribution >= 4 is 23.5 Å². The van der Waals surface area contributed by atoms with Gasteiger partial charge in [0.2, 0.25) is 17.2 Å². The van der Waals surface area contributed by atoms with Crippen LogP contribution in [0.4, 0.5) is 11.9 Å². The fraction of sp³-hybridized carbons (Fsp3) is 0.769. The standard InChI is InChI=1S/C13H20ClN5O2/c1-20-13(4-7-21-9-13)8-15-11-16-10(14)17-12(18-11)19-5-2-3-6-19/h2-9H2,1H3,(H,15,16,17,18). The van der Waals surface area contributed by atoms with Crippen molar-refractivity contribution < 1.29 is 9.47 Å². The Morgan fingerprint density at radius 2 is 2.14 bits per heavy atom. The van der Waals surface area contributed by atoms with Crippen LogP contribution in [-0.4, -0.2) is 60.5 Å². The Balaban J connectivity index is 1.70. The molecule has 0 aliphatic carbocycles. The number of ether oxygens (including phenoxy) is 2. The zero-order valence-corrected chi connectivity index (χ0v) is 12.9. The Bertz CT molecular complexity index is 489. The van der Waals surface area contributed by atoms with E-state index in [1.54, 1.807) is 7.11 Å². The number of methoxy groups -OCH3 is 1. The lowest BCUT2D eigenvalue weighted by atomic mass is 10.0. The summed E-state index contributed by atoms with van der Waals surface area (Å²) in [6.07, 6.45) is 3.18. The average Bonchev–Trinajstić information content (AvgIpc) is 3.17. The molecule has 3 rings (SSSR count). The summed E-state index contributed by atoms with van der Waals surface area (Å²) in [4.78, 5) is 14.9. The first kappa shape index (κ1) is 14.7. The molecule has 0 aromatic carbocycles. The maximum absolute atomic E-state index is 6.01. The lowest BCUT2D eigenvalue weighted by molar-refractivity contribution is -0.00631. The number of anilines is 2. The van der Waals surface area contributed by atoms with Crippen molar-refractivity contribution in [3.8, 4) is 0 Å². The lowest BCUT2D eigenvalue weighted by Gasteiger charge is -2.26. The molecule has 1 atom stereocenters. The summed E-state index contributed by atoms with van der Waals surface area (Å²) < 4.78 is 11.0. The zero-order valence-electron chi connectivity index (χ0n) is 12.1. The molecule has 116 valence electrons. The van der Waals surface area contributed by atoms with Crippen LogP contribution in [0.3, 0.4) is 0 Å². The van der Waals surface area contributed by atoms with Crippen LogP contribution in [0.25, 0.3) is 0 Å². The highest BCUT2D eigenvalue weighted by atomic mass is 35.5. The fourth-order valence-electron chi connectivity index (χ4n) is 2.68. The molecule has 2 saturated heterocycles. The minimum Gasteiger partial charge on any atom is -0.378 e.